The molecule has 0 aromatic carbocycles. The molecule has 2 saturated carbocycles. The maximum Gasteiger partial charge on any atom is 0.155 e. The van der Waals surface area contributed by atoms with Crippen molar-refractivity contribution in [1.82, 2.24) is 0 Å². The fourth-order valence-corrected chi connectivity index (χ4v) is 7.08. The van der Waals surface area contributed by atoms with Crippen LogP contribution >= 0.6 is 0 Å². The lowest BCUT2D eigenvalue weighted by Crippen LogP contribution is -2.55. The Morgan fingerprint density at radius 1 is 1.11 bits per heavy atom. The lowest BCUT2D eigenvalue weighted by Gasteiger charge is -2.60. The molecule has 4 rings (SSSR count). The van der Waals surface area contributed by atoms with Crippen molar-refractivity contribution in [3.8, 4) is 0 Å². The third-order valence-corrected chi connectivity index (χ3v) is 8.80. The van der Waals surface area contributed by atoms with E-state index in [0.717, 1.165) is 43.6 Å². The molecule has 0 amide bonds. The first-order valence-electron chi connectivity index (χ1n) is 11.5. The van der Waals surface area contributed by atoms with Gasteiger partial charge in [-0.2, -0.15) is 0 Å². The minimum atomic E-state index is 0.275. The lowest BCUT2D eigenvalue weighted by atomic mass is 9.45. The first kappa shape index (κ1) is 19.4. The summed E-state index contributed by atoms with van der Waals surface area (Å²) in [7, 11) is 0. The summed E-state index contributed by atoms with van der Waals surface area (Å²) < 4.78 is 6.44. The van der Waals surface area contributed by atoms with Crippen molar-refractivity contribution in [1.29, 1.82) is 0 Å². The van der Waals surface area contributed by atoms with Gasteiger partial charge in [0.1, 0.15) is 0 Å². The Balaban J connectivity index is 1.53. The number of rotatable bonds is 5. The van der Waals surface area contributed by atoms with Crippen molar-refractivity contribution in [2.45, 2.75) is 91.1 Å². The number of hydrogen-bond donors (Lipinski definition) is 0. The van der Waals surface area contributed by atoms with Crippen LogP contribution in [0, 0.1) is 28.6 Å². The summed E-state index contributed by atoms with van der Waals surface area (Å²) in [6, 6.07) is 0. The Kier molecular flexibility index (Phi) is 5.40. The average Bonchev–Trinajstić information content (AvgIpc) is 2.65. The monoisotopic (exact) mass is 370 g/mol. The van der Waals surface area contributed by atoms with Gasteiger partial charge in [-0.25, -0.2) is 0 Å². The van der Waals surface area contributed by atoms with Crippen molar-refractivity contribution in [3.63, 3.8) is 0 Å². The van der Waals surface area contributed by atoms with Crippen molar-refractivity contribution in [2.24, 2.45) is 28.6 Å². The van der Waals surface area contributed by atoms with Gasteiger partial charge in [-0.15, -0.1) is 0 Å². The first-order chi connectivity index (χ1) is 13.0. The van der Waals surface area contributed by atoms with E-state index in [1.807, 2.05) is 6.08 Å². The zero-order valence-electron chi connectivity index (χ0n) is 17.6. The topological polar surface area (TPSA) is 26.3 Å². The van der Waals surface area contributed by atoms with Gasteiger partial charge in [0.25, 0.3) is 0 Å². The van der Waals surface area contributed by atoms with Crippen LogP contribution < -0.4 is 0 Å². The van der Waals surface area contributed by atoms with Crippen LogP contribution in [-0.4, -0.2) is 18.5 Å². The fourth-order valence-electron chi connectivity index (χ4n) is 7.08. The minimum Gasteiger partial charge on any atom is -0.374 e. The zero-order valence-corrected chi connectivity index (χ0v) is 17.6. The minimum absolute atomic E-state index is 0.275. The van der Waals surface area contributed by atoms with Gasteiger partial charge >= 0.3 is 0 Å². The highest BCUT2D eigenvalue weighted by molar-refractivity contribution is 5.91. The van der Waals surface area contributed by atoms with Gasteiger partial charge < -0.3 is 4.74 Å². The van der Waals surface area contributed by atoms with Crippen molar-refractivity contribution in [2.75, 3.05) is 6.61 Å². The van der Waals surface area contributed by atoms with Crippen molar-refractivity contribution in [3.05, 3.63) is 23.8 Å². The molecule has 4 aliphatic rings. The SMILES string of the molecule is CCCCCOC1C=CC[C@H]2[C@H]3CCC4=CC(=O)CC[C@@]4(C)[C@H]3CC[C@]12C. The number of hydrogen-bond acceptors (Lipinski definition) is 2. The third-order valence-electron chi connectivity index (χ3n) is 8.80. The number of allylic oxidation sites excluding steroid dienone is 3. The molecule has 0 aliphatic heterocycles. The fraction of sp³-hybridized carbons (Fsp3) is 0.800. The molecule has 0 aromatic heterocycles. The van der Waals surface area contributed by atoms with Gasteiger partial charge in [-0.3, -0.25) is 4.79 Å². The molecule has 0 aromatic rings. The molecule has 27 heavy (non-hydrogen) atoms. The largest absolute Gasteiger partial charge is 0.374 e. The van der Waals surface area contributed by atoms with E-state index < -0.39 is 0 Å². The summed E-state index contributed by atoms with van der Waals surface area (Å²) in [6.45, 7) is 8.15. The van der Waals surface area contributed by atoms with Crippen LogP contribution in [0.2, 0.25) is 0 Å². The second-order valence-electron chi connectivity index (χ2n) is 10.2. The van der Waals surface area contributed by atoms with E-state index in [1.165, 1.54) is 50.5 Å². The highest BCUT2D eigenvalue weighted by atomic mass is 16.5. The summed E-state index contributed by atoms with van der Waals surface area (Å²) in [5, 5.41) is 0. The maximum atomic E-state index is 12.0. The summed E-state index contributed by atoms with van der Waals surface area (Å²) in [5.41, 5.74) is 2.04. The highest BCUT2D eigenvalue weighted by Gasteiger charge is 2.57. The predicted octanol–water partition coefficient (Wildman–Crippen LogP) is 6.26. The van der Waals surface area contributed by atoms with E-state index >= 15 is 0 Å². The molecule has 0 bridgehead atoms. The van der Waals surface area contributed by atoms with Crippen LogP contribution in [0.4, 0.5) is 0 Å². The Hall–Kier alpha value is -0.890. The van der Waals surface area contributed by atoms with Gasteiger partial charge in [-0.1, -0.05) is 51.3 Å². The molecule has 0 spiro atoms. The van der Waals surface area contributed by atoms with Crippen molar-refractivity contribution < 1.29 is 9.53 Å². The average molecular weight is 371 g/mol. The smallest absolute Gasteiger partial charge is 0.155 e. The number of carbonyl (C=O) groups excluding carboxylic acids is 1. The second-order valence-corrected chi connectivity index (χ2v) is 10.2. The standard InChI is InChI=1S/C25H38O2/c1-4-5-6-16-27-23-9-7-8-21-20-11-10-18-17-19(26)12-14-24(18,2)22(20)13-15-25(21,23)3/h7,9,17,20-23H,4-6,8,10-16H2,1-3H3/t20-,21+,22+,23?,24-,25+/m1/s1. The molecule has 2 fully saturated rings. The number of fused-ring (bicyclic) bond motifs is 5. The Morgan fingerprint density at radius 2 is 1.96 bits per heavy atom. The number of ketones is 1. The van der Waals surface area contributed by atoms with Crippen LogP contribution in [-0.2, 0) is 9.53 Å². The molecule has 6 atom stereocenters. The number of unbranched alkanes of at least 4 members (excludes halogenated alkanes) is 2. The molecule has 0 radical (unpaired) electrons. The third kappa shape index (κ3) is 3.26. The molecular formula is C25H38O2. The quantitative estimate of drug-likeness (QED) is 0.422. The van der Waals surface area contributed by atoms with E-state index in [0.29, 0.717) is 17.3 Å². The molecule has 0 N–H and O–H groups in total. The van der Waals surface area contributed by atoms with E-state index in [9.17, 15) is 4.79 Å². The molecule has 150 valence electrons. The molecule has 1 unspecified atom stereocenters. The number of ether oxygens (including phenoxy) is 1. The van der Waals surface area contributed by atoms with Crippen LogP contribution in [0.25, 0.3) is 0 Å². The van der Waals surface area contributed by atoms with Crippen LogP contribution in [0.15, 0.2) is 23.8 Å². The summed E-state index contributed by atoms with van der Waals surface area (Å²) in [4.78, 5) is 12.0. The maximum absolute atomic E-state index is 12.0. The molecule has 2 nitrogen and oxygen atoms in total. The van der Waals surface area contributed by atoms with E-state index in [-0.39, 0.29) is 5.41 Å². The molecule has 2 heteroatoms. The van der Waals surface area contributed by atoms with Gasteiger partial charge in [0.05, 0.1) is 6.10 Å². The first-order valence-corrected chi connectivity index (χ1v) is 11.5. The summed E-state index contributed by atoms with van der Waals surface area (Å²) >= 11 is 0. The normalized spacial score (nSPS) is 43.5. The van der Waals surface area contributed by atoms with E-state index in [2.05, 4.69) is 32.9 Å². The molecule has 0 heterocycles. The number of carbonyl (C=O) groups is 1. The van der Waals surface area contributed by atoms with Crippen LogP contribution in [0.5, 0.6) is 0 Å². The van der Waals surface area contributed by atoms with Crippen LogP contribution in [0.3, 0.4) is 0 Å². The molecule has 0 saturated heterocycles. The van der Waals surface area contributed by atoms with Crippen molar-refractivity contribution >= 4 is 5.78 Å². The van der Waals surface area contributed by atoms with E-state index in [4.69, 9.17) is 4.74 Å². The summed E-state index contributed by atoms with van der Waals surface area (Å²) in [6.07, 6.45) is 18.9. The lowest BCUT2D eigenvalue weighted by molar-refractivity contribution is -0.124. The Morgan fingerprint density at radius 3 is 2.78 bits per heavy atom. The van der Waals surface area contributed by atoms with Crippen LogP contribution in [0.1, 0.15) is 85.0 Å². The van der Waals surface area contributed by atoms with Gasteiger partial charge in [0.2, 0.25) is 0 Å². The predicted molar refractivity (Wildman–Crippen MR) is 110 cm³/mol. The molecular weight excluding hydrogens is 332 g/mol. The Labute approximate surface area is 165 Å². The molecule has 4 aliphatic carbocycles. The zero-order chi connectivity index (χ0) is 19.1. The second kappa shape index (κ2) is 7.50. The van der Waals surface area contributed by atoms with Gasteiger partial charge in [-0.05, 0) is 74.2 Å². The van der Waals surface area contributed by atoms with Gasteiger partial charge in [0.15, 0.2) is 5.78 Å². The Bertz CT molecular complexity index is 632. The highest BCUT2D eigenvalue weighted by Crippen LogP contribution is 2.63. The summed E-state index contributed by atoms with van der Waals surface area (Å²) in [5.74, 6) is 2.66. The van der Waals surface area contributed by atoms with E-state index in [1.54, 1.807) is 0 Å². The van der Waals surface area contributed by atoms with Gasteiger partial charge in [0, 0.05) is 18.4 Å².